The second-order valence-corrected chi connectivity index (χ2v) is 6.59. The van der Waals surface area contributed by atoms with Crippen LogP contribution in [-0.4, -0.2) is 32.8 Å². The quantitative estimate of drug-likeness (QED) is 0.598. The van der Waals surface area contributed by atoms with Gasteiger partial charge < -0.3 is 14.4 Å². The van der Waals surface area contributed by atoms with E-state index in [1.807, 2.05) is 31.2 Å². The van der Waals surface area contributed by atoms with E-state index in [9.17, 15) is 4.79 Å². The van der Waals surface area contributed by atoms with Gasteiger partial charge in [0, 0.05) is 6.07 Å². The van der Waals surface area contributed by atoms with Crippen LogP contribution in [0.15, 0.2) is 34.9 Å². The van der Waals surface area contributed by atoms with E-state index in [0.717, 1.165) is 12.2 Å². The van der Waals surface area contributed by atoms with Crippen LogP contribution in [0, 0.1) is 6.92 Å². The van der Waals surface area contributed by atoms with Crippen LogP contribution in [0.3, 0.4) is 0 Å². The molecule has 0 aliphatic heterocycles. The molecule has 148 valence electrons. The third kappa shape index (κ3) is 5.88. The van der Waals surface area contributed by atoms with Crippen LogP contribution in [0.4, 0.5) is 5.13 Å². The second-order valence-electron chi connectivity index (χ2n) is 5.59. The number of carbonyl (C=O) groups excluding carboxylic acids is 1. The molecular formula is C18H20N4O5S. The van der Waals surface area contributed by atoms with Gasteiger partial charge in [0.25, 0.3) is 12.4 Å². The number of amides is 1. The van der Waals surface area contributed by atoms with Gasteiger partial charge in [-0.05, 0) is 38.0 Å². The number of benzene rings is 1. The zero-order valence-corrected chi connectivity index (χ0v) is 16.4. The van der Waals surface area contributed by atoms with Gasteiger partial charge in [0.2, 0.25) is 5.13 Å². The summed E-state index contributed by atoms with van der Waals surface area (Å²) in [5, 5.41) is 22.3. The van der Waals surface area contributed by atoms with Gasteiger partial charge in [0.05, 0.1) is 0 Å². The molecule has 0 spiro atoms. The highest BCUT2D eigenvalue weighted by Gasteiger charge is 2.17. The summed E-state index contributed by atoms with van der Waals surface area (Å²) in [4.78, 5) is 20.4. The molecule has 0 aliphatic carbocycles. The molecular weight excluding hydrogens is 384 g/mol. The van der Waals surface area contributed by atoms with Crippen molar-refractivity contribution in [2.75, 3.05) is 5.32 Å². The van der Waals surface area contributed by atoms with Crippen LogP contribution in [0.25, 0.3) is 0 Å². The van der Waals surface area contributed by atoms with E-state index in [2.05, 4.69) is 27.6 Å². The zero-order chi connectivity index (χ0) is 20.5. The van der Waals surface area contributed by atoms with Crippen molar-refractivity contribution in [3.05, 3.63) is 52.4 Å². The maximum absolute atomic E-state index is 12.0. The summed E-state index contributed by atoms with van der Waals surface area (Å²) < 4.78 is 10.8. The molecule has 1 unspecified atom stereocenters. The van der Waals surface area contributed by atoms with Crippen LogP contribution >= 0.6 is 11.3 Å². The number of anilines is 1. The molecule has 2 heterocycles. The third-order valence-electron chi connectivity index (χ3n) is 3.51. The predicted octanol–water partition coefficient (Wildman–Crippen LogP) is 3.49. The molecule has 2 aromatic heterocycles. The van der Waals surface area contributed by atoms with Crippen LogP contribution in [0.1, 0.15) is 46.8 Å². The summed E-state index contributed by atoms with van der Waals surface area (Å²) in [7, 11) is 0. The van der Waals surface area contributed by atoms with Crippen LogP contribution in [-0.2, 0) is 11.2 Å². The molecule has 2 N–H and O–H groups in total. The average molecular weight is 404 g/mol. The molecule has 0 saturated carbocycles. The van der Waals surface area contributed by atoms with Crippen molar-refractivity contribution >= 4 is 28.8 Å². The number of ether oxygens (including phenoxy) is 1. The van der Waals surface area contributed by atoms with Crippen LogP contribution in [0.5, 0.6) is 5.75 Å². The molecule has 1 atom stereocenters. The summed E-state index contributed by atoms with van der Waals surface area (Å²) in [6.07, 6.45) is 0.713. The predicted molar refractivity (Wildman–Crippen MR) is 103 cm³/mol. The minimum Gasteiger partial charge on any atom is -0.483 e. The first-order chi connectivity index (χ1) is 13.5. The Morgan fingerprint density at radius 3 is 2.61 bits per heavy atom. The summed E-state index contributed by atoms with van der Waals surface area (Å²) in [5.41, 5.74) is 1.46. The number of nitrogens with zero attached hydrogens (tertiary/aromatic N) is 3. The number of aromatic nitrogens is 3. The summed E-state index contributed by atoms with van der Waals surface area (Å²) in [6, 6.07) is 9.50. The fourth-order valence-electron chi connectivity index (χ4n) is 2.14. The maximum Gasteiger partial charge on any atom is 0.290 e. The highest BCUT2D eigenvalue weighted by molar-refractivity contribution is 7.15. The Morgan fingerprint density at radius 2 is 2.04 bits per heavy atom. The topological polar surface area (TPSA) is 127 Å². The van der Waals surface area contributed by atoms with Gasteiger partial charge in [0.15, 0.2) is 10.7 Å². The number of hydrogen-bond acceptors (Lipinski definition) is 8. The normalized spacial score (nSPS) is 11.1. The number of carboxylic acid groups (broad SMARTS) is 1. The van der Waals surface area contributed by atoms with Gasteiger partial charge in [-0.25, -0.2) is 0 Å². The molecule has 9 nitrogen and oxygen atoms in total. The Bertz CT molecular complexity index is 907. The summed E-state index contributed by atoms with van der Waals surface area (Å²) >= 11 is 1.26. The largest absolute Gasteiger partial charge is 0.483 e. The minimum atomic E-state index is -0.386. The van der Waals surface area contributed by atoms with Crippen molar-refractivity contribution in [1.82, 2.24) is 15.4 Å². The molecule has 3 aromatic rings. The van der Waals surface area contributed by atoms with Gasteiger partial charge >= 0.3 is 0 Å². The van der Waals surface area contributed by atoms with Crippen molar-refractivity contribution in [3.63, 3.8) is 0 Å². The van der Waals surface area contributed by atoms with Gasteiger partial charge in [0.1, 0.15) is 17.6 Å². The molecule has 0 bridgehead atoms. The lowest BCUT2D eigenvalue weighted by atomic mass is 10.2. The SMILES string of the molecule is CCc1ccc(OC(C)c2nnc(NC(=O)c3cc(C)on3)s2)cc1.O=CO. The maximum atomic E-state index is 12.0. The lowest BCUT2D eigenvalue weighted by molar-refractivity contribution is -0.122. The molecule has 0 fully saturated rings. The van der Waals surface area contributed by atoms with Crippen molar-refractivity contribution in [2.24, 2.45) is 0 Å². The first-order valence-corrected chi connectivity index (χ1v) is 9.20. The Kier molecular flexibility index (Phi) is 7.64. The van der Waals surface area contributed by atoms with Crippen molar-refractivity contribution in [2.45, 2.75) is 33.3 Å². The average Bonchev–Trinajstić information content (AvgIpc) is 3.32. The van der Waals surface area contributed by atoms with Gasteiger partial charge in [-0.1, -0.05) is 35.5 Å². The van der Waals surface area contributed by atoms with Gasteiger partial charge in [-0.2, -0.15) is 0 Å². The number of hydrogen-bond donors (Lipinski definition) is 2. The van der Waals surface area contributed by atoms with E-state index in [1.165, 1.54) is 16.9 Å². The molecule has 0 saturated heterocycles. The number of nitrogens with one attached hydrogen (secondary N) is 1. The zero-order valence-electron chi connectivity index (χ0n) is 15.6. The molecule has 1 amide bonds. The molecule has 1 aromatic carbocycles. The van der Waals surface area contributed by atoms with Crippen molar-refractivity contribution in [3.8, 4) is 5.75 Å². The van der Waals surface area contributed by atoms with E-state index >= 15 is 0 Å². The van der Waals surface area contributed by atoms with Gasteiger partial charge in [-0.15, -0.1) is 10.2 Å². The fraction of sp³-hybridized carbons (Fsp3) is 0.278. The first kappa shape index (κ1) is 21.0. The van der Waals surface area contributed by atoms with E-state index in [4.69, 9.17) is 19.2 Å². The number of aryl methyl sites for hydroxylation is 2. The lowest BCUT2D eigenvalue weighted by Gasteiger charge is -2.11. The molecule has 0 aliphatic rings. The summed E-state index contributed by atoms with van der Waals surface area (Å²) in [5.74, 6) is 0.950. The van der Waals surface area contributed by atoms with Crippen molar-refractivity contribution < 1.29 is 24.0 Å². The molecule has 28 heavy (non-hydrogen) atoms. The van der Waals surface area contributed by atoms with E-state index < -0.39 is 0 Å². The second kappa shape index (κ2) is 10.2. The standard InChI is InChI=1S/C17H18N4O3S.CH2O2/c1-4-12-5-7-13(8-6-12)23-11(3)16-19-20-17(25-16)18-15(22)14-9-10(2)24-21-14;2-1-3/h5-9,11H,4H2,1-3H3,(H,18,20,22);1H,(H,2,3). The fourth-order valence-corrected chi connectivity index (χ4v) is 2.86. The highest BCUT2D eigenvalue weighted by atomic mass is 32.1. The number of carbonyl (C=O) groups is 2. The Morgan fingerprint density at radius 1 is 1.36 bits per heavy atom. The monoisotopic (exact) mass is 404 g/mol. The van der Waals surface area contributed by atoms with Gasteiger partial charge in [-0.3, -0.25) is 14.9 Å². The van der Waals surface area contributed by atoms with Crippen LogP contribution < -0.4 is 10.1 Å². The lowest BCUT2D eigenvalue weighted by Crippen LogP contribution is -2.11. The minimum absolute atomic E-state index is 0.203. The van der Waals surface area contributed by atoms with Crippen LogP contribution in [0.2, 0.25) is 0 Å². The smallest absolute Gasteiger partial charge is 0.290 e. The molecule has 10 heteroatoms. The third-order valence-corrected chi connectivity index (χ3v) is 4.51. The number of rotatable bonds is 6. The Labute approximate surface area is 165 Å². The molecule has 0 radical (unpaired) electrons. The van der Waals surface area contributed by atoms with E-state index in [0.29, 0.717) is 15.9 Å². The van der Waals surface area contributed by atoms with E-state index in [1.54, 1.807) is 13.0 Å². The first-order valence-electron chi connectivity index (χ1n) is 8.38. The van der Waals surface area contributed by atoms with Crippen molar-refractivity contribution in [1.29, 1.82) is 0 Å². The Balaban J connectivity index is 0.000000878. The summed E-state index contributed by atoms with van der Waals surface area (Å²) in [6.45, 7) is 5.47. The highest BCUT2D eigenvalue weighted by Crippen LogP contribution is 2.26. The molecule has 3 rings (SSSR count). The Hall–Kier alpha value is -3.27. The van der Waals surface area contributed by atoms with E-state index in [-0.39, 0.29) is 24.2 Å².